The highest BCUT2D eigenvalue weighted by Crippen LogP contribution is 2.32. The van der Waals surface area contributed by atoms with Crippen LogP contribution in [0.3, 0.4) is 0 Å². The van der Waals surface area contributed by atoms with Gasteiger partial charge in [0.1, 0.15) is 0 Å². The van der Waals surface area contributed by atoms with E-state index in [0.29, 0.717) is 5.92 Å². The van der Waals surface area contributed by atoms with E-state index in [1.807, 2.05) is 6.07 Å². The van der Waals surface area contributed by atoms with Crippen LogP contribution >= 0.6 is 0 Å². The molecule has 0 N–H and O–H groups in total. The van der Waals surface area contributed by atoms with Crippen LogP contribution in [0.5, 0.6) is 0 Å². The third-order valence-corrected chi connectivity index (χ3v) is 3.83. The van der Waals surface area contributed by atoms with E-state index in [9.17, 15) is 0 Å². The molecular weight excluding hydrogens is 218 g/mol. The van der Waals surface area contributed by atoms with Crippen LogP contribution in [-0.4, -0.2) is 0 Å². The summed E-state index contributed by atoms with van der Waals surface area (Å²) in [5, 5.41) is 2.43. The van der Waals surface area contributed by atoms with Gasteiger partial charge in [0.15, 0.2) is 0 Å². The van der Waals surface area contributed by atoms with Gasteiger partial charge in [-0.2, -0.15) is 0 Å². The van der Waals surface area contributed by atoms with Crippen molar-refractivity contribution in [2.75, 3.05) is 0 Å². The van der Waals surface area contributed by atoms with Gasteiger partial charge in [-0.1, -0.05) is 55.5 Å². The SMILES string of the molecule is CC1C=CC=c2c1ccc1c2=Nc2ccccc2-1. The van der Waals surface area contributed by atoms with Gasteiger partial charge in [-0.05, 0) is 17.5 Å². The summed E-state index contributed by atoms with van der Waals surface area (Å²) in [5.41, 5.74) is 5.00. The number of nitrogens with zero attached hydrogens (tertiary/aromatic N) is 1. The summed E-state index contributed by atoms with van der Waals surface area (Å²) in [7, 11) is 0. The Morgan fingerprint density at radius 2 is 1.89 bits per heavy atom. The van der Waals surface area contributed by atoms with Gasteiger partial charge in [0.2, 0.25) is 0 Å². The molecule has 0 saturated heterocycles. The number of benzene rings is 2. The summed E-state index contributed by atoms with van der Waals surface area (Å²) in [4.78, 5) is 4.80. The van der Waals surface area contributed by atoms with Gasteiger partial charge < -0.3 is 0 Å². The predicted molar refractivity (Wildman–Crippen MR) is 74.3 cm³/mol. The summed E-state index contributed by atoms with van der Waals surface area (Å²) in [5.74, 6) is 0.481. The lowest BCUT2D eigenvalue weighted by atomic mass is 9.92. The third kappa shape index (κ3) is 1.19. The maximum absolute atomic E-state index is 4.80. The fourth-order valence-corrected chi connectivity index (χ4v) is 2.88. The van der Waals surface area contributed by atoms with Gasteiger partial charge in [0, 0.05) is 16.3 Å². The summed E-state index contributed by atoms with van der Waals surface area (Å²) in [6.45, 7) is 2.23. The Morgan fingerprint density at radius 3 is 2.83 bits per heavy atom. The molecule has 0 spiro atoms. The molecule has 18 heavy (non-hydrogen) atoms. The van der Waals surface area contributed by atoms with Crippen LogP contribution < -0.4 is 10.6 Å². The Hall–Kier alpha value is -2.15. The van der Waals surface area contributed by atoms with E-state index in [-0.39, 0.29) is 0 Å². The Balaban J connectivity index is 2.15. The van der Waals surface area contributed by atoms with Crippen LogP contribution in [0.2, 0.25) is 0 Å². The largest absolute Gasteiger partial charge is 0.247 e. The van der Waals surface area contributed by atoms with Gasteiger partial charge in [-0.25, -0.2) is 4.99 Å². The maximum atomic E-state index is 4.80. The van der Waals surface area contributed by atoms with E-state index in [2.05, 4.69) is 55.5 Å². The predicted octanol–water partition coefficient (Wildman–Crippen LogP) is 3.07. The van der Waals surface area contributed by atoms with Crippen LogP contribution in [0.4, 0.5) is 5.69 Å². The lowest BCUT2D eigenvalue weighted by Crippen LogP contribution is -2.30. The molecule has 1 heteroatoms. The van der Waals surface area contributed by atoms with Gasteiger partial charge in [-0.15, -0.1) is 0 Å². The van der Waals surface area contributed by atoms with Crippen molar-refractivity contribution in [1.82, 2.24) is 0 Å². The summed E-state index contributed by atoms with van der Waals surface area (Å²) in [6, 6.07) is 12.8. The van der Waals surface area contributed by atoms with Gasteiger partial charge >= 0.3 is 0 Å². The van der Waals surface area contributed by atoms with Crippen molar-refractivity contribution in [2.24, 2.45) is 4.99 Å². The van der Waals surface area contributed by atoms with Crippen molar-refractivity contribution in [3.63, 3.8) is 0 Å². The fraction of sp³-hybridized carbons (Fsp3) is 0.118. The van der Waals surface area contributed by atoms with Gasteiger partial charge in [0.05, 0.1) is 11.0 Å². The van der Waals surface area contributed by atoms with Crippen LogP contribution in [0.25, 0.3) is 17.2 Å². The van der Waals surface area contributed by atoms with E-state index in [1.54, 1.807) is 0 Å². The number of hydrogen-bond acceptors (Lipinski definition) is 1. The standard InChI is InChI=1S/C17H13N/c1-11-5-4-7-14-12(11)9-10-15-13-6-2-3-8-16(13)18-17(14)15/h2-11H,1H3. The van der Waals surface area contributed by atoms with E-state index >= 15 is 0 Å². The number of allylic oxidation sites excluding steroid dienone is 2. The van der Waals surface area contributed by atoms with E-state index in [0.717, 1.165) is 11.0 Å². The summed E-state index contributed by atoms with van der Waals surface area (Å²) < 4.78 is 0. The first-order valence-corrected chi connectivity index (χ1v) is 6.34. The smallest absolute Gasteiger partial charge is 0.0791 e. The maximum Gasteiger partial charge on any atom is 0.0791 e. The average Bonchev–Trinajstić information content (AvgIpc) is 2.78. The molecule has 2 aromatic carbocycles. The quantitative estimate of drug-likeness (QED) is 0.564. The Bertz CT molecular complexity index is 797. The van der Waals surface area contributed by atoms with Crippen LogP contribution in [0.15, 0.2) is 53.5 Å². The minimum atomic E-state index is 0.481. The molecule has 1 atom stereocenters. The molecule has 1 nitrogen and oxygen atoms in total. The normalized spacial score (nSPS) is 18.4. The minimum absolute atomic E-state index is 0.481. The van der Waals surface area contributed by atoms with E-state index in [1.165, 1.54) is 21.9 Å². The first kappa shape index (κ1) is 9.84. The number of rotatable bonds is 0. The van der Waals surface area contributed by atoms with Crippen molar-refractivity contribution in [1.29, 1.82) is 0 Å². The molecule has 0 fully saturated rings. The Morgan fingerprint density at radius 1 is 1.00 bits per heavy atom. The topological polar surface area (TPSA) is 12.4 Å². The van der Waals surface area contributed by atoms with E-state index < -0.39 is 0 Å². The van der Waals surface area contributed by atoms with Crippen molar-refractivity contribution in [3.8, 4) is 11.1 Å². The highest BCUT2D eigenvalue weighted by Gasteiger charge is 2.17. The van der Waals surface area contributed by atoms with Crippen molar-refractivity contribution in [2.45, 2.75) is 12.8 Å². The second kappa shape index (κ2) is 3.42. The molecule has 2 aromatic rings. The second-order valence-corrected chi connectivity index (χ2v) is 4.93. The zero-order chi connectivity index (χ0) is 12.1. The van der Waals surface area contributed by atoms with Crippen molar-refractivity contribution >= 4 is 11.8 Å². The molecule has 86 valence electrons. The number of fused-ring (bicyclic) bond motifs is 5. The fourth-order valence-electron chi connectivity index (χ4n) is 2.88. The molecule has 1 unspecified atom stereocenters. The second-order valence-electron chi connectivity index (χ2n) is 4.93. The molecule has 0 bridgehead atoms. The van der Waals surface area contributed by atoms with Crippen molar-refractivity contribution in [3.05, 3.63) is 64.7 Å². The first-order valence-electron chi connectivity index (χ1n) is 6.34. The summed E-state index contributed by atoms with van der Waals surface area (Å²) in [6.07, 6.45) is 6.56. The molecular formula is C17H13N. The van der Waals surface area contributed by atoms with Crippen LogP contribution in [0, 0.1) is 0 Å². The molecule has 0 aromatic heterocycles. The highest BCUT2D eigenvalue weighted by molar-refractivity contribution is 5.79. The molecule has 1 aliphatic heterocycles. The van der Waals surface area contributed by atoms with Crippen molar-refractivity contribution < 1.29 is 0 Å². The molecule has 2 aliphatic rings. The lowest BCUT2D eigenvalue weighted by molar-refractivity contribution is 0.944. The molecule has 4 rings (SSSR count). The average molecular weight is 231 g/mol. The molecule has 0 amide bonds. The monoisotopic (exact) mass is 231 g/mol. The molecule has 0 saturated carbocycles. The molecule has 0 radical (unpaired) electrons. The Kier molecular flexibility index (Phi) is 1.87. The molecule has 1 heterocycles. The third-order valence-electron chi connectivity index (χ3n) is 3.83. The van der Waals surface area contributed by atoms with Gasteiger partial charge in [-0.3, -0.25) is 0 Å². The number of hydrogen-bond donors (Lipinski definition) is 0. The van der Waals surface area contributed by atoms with Crippen LogP contribution in [0.1, 0.15) is 18.4 Å². The highest BCUT2D eigenvalue weighted by atomic mass is 14.8. The Labute approximate surface area is 106 Å². The molecule has 1 aliphatic carbocycles. The van der Waals surface area contributed by atoms with Crippen LogP contribution in [-0.2, 0) is 0 Å². The summed E-state index contributed by atoms with van der Waals surface area (Å²) >= 11 is 0. The minimum Gasteiger partial charge on any atom is -0.247 e. The van der Waals surface area contributed by atoms with Gasteiger partial charge in [0.25, 0.3) is 0 Å². The lowest BCUT2D eigenvalue weighted by Gasteiger charge is -2.12. The zero-order valence-corrected chi connectivity index (χ0v) is 10.2. The van der Waals surface area contributed by atoms with E-state index in [4.69, 9.17) is 4.99 Å². The zero-order valence-electron chi connectivity index (χ0n) is 10.2. The first-order chi connectivity index (χ1) is 8.84. The number of para-hydroxylation sites is 1.